The van der Waals surface area contributed by atoms with Crippen molar-refractivity contribution in [3.63, 3.8) is 0 Å². The monoisotopic (exact) mass is 312 g/mol. The van der Waals surface area contributed by atoms with Gasteiger partial charge in [0.15, 0.2) is 0 Å². The summed E-state index contributed by atoms with van der Waals surface area (Å²) in [6.45, 7) is 7.80. The lowest BCUT2D eigenvalue weighted by Gasteiger charge is -2.33. The van der Waals surface area contributed by atoms with E-state index >= 15 is 0 Å². The molecule has 1 unspecified atom stereocenters. The summed E-state index contributed by atoms with van der Waals surface area (Å²) in [4.78, 5) is 2.39. The number of ether oxygens (including phenoxy) is 1. The topological polar surface area (TPSA) is 50.3 Å². The largest absolute Gasteiger partial charge is 0.379 e. The third kappa shape index (κ3) is 3.68. The van der Waals surface area contributed by atoms with Crippen LogP contribution in [0.5, 0.6) is 0 Å². The van der Waals surface area contributed by atoms with Crippen molar-refractivity contribution in [2.24, 2.45) is 0 Å². The zero-order chi connectivity index (χ0) is 16.1. The van der Waals surface area contributed by atoms with Crippen LogP contribution < -0.4 is 5.32 Å². The lowest BCUT2D eigenvalue weighted by Crippen LogP contribution is -2.45. The molecule has 122 valence electrons. The summed E-state index contributed by atoms with van der Waals surface area (Å²) in [6.07, 6.45) is 2.92. The minimum absolute atomic E-state index is 0.232. The molecule has 1 aliphatic heterocycles. The highest BCUT2D eigenvalue weighted by molar-refractivity contribution is 5.79. The van der Waals surface area contributed by atoms with Gasteiger partial charge in [0.2, 0.25) is 0 Å². The molecule has 0 amide bonds. The Bertz CT molecular complexity index is 626. The molecule has 5 nitrogen and oxygen atoms in total. The predicted octanol–water partition coefficient (Wildman–Crippen LogP) is 2.80. The molecular formula is C18H24N4O. The van der Waals surface area contributed by atoms with Crippen molar-refractivity contribution in [1.29, 1.82) is 0 Å². The first-order valence-electron chi connectivity index (χ1n) is 8.28. The summed E-state index contributed by atoms with van der Waals surface area (Å²) in [5, 5.41) is 12.1. The van der Waals surface area contributed by atoms with E-state index in [0.29, 0.717) is 0 Å². The van der Waals surface area contributed by atoms with Crippen LogP contribution in [0, 0.1) is 0 Å². The Kier molecular flexibility index (Phi) is 5.20. The van der Waals surface area contributed by atoms with E-state index in [0.717, 1.165) is 49.7 Å². The van der Waals surface area contributed by atoms with Crippen molar-refractivity contribution >= 4 is 5.69 Å². The SMILES string of the molecule is CCc1nncc(NC(C)N2CCOCC2)c1-c1ccccc1. The first-order valence-corrected chi connectivity index (χ1v) is 8.28. The Morgan fingerprint density at radius 1 is 1.22 bits per heavy atom. The maximum atomic E-state index is 5.44. The average Bonchev–Trinajstić information content (AvgIpc) is 2.63. The molecule has 1 aromatic heterocycles. The van der Waals surface area contributed by atoms with Crippen molar-refractivity contribution in [2.45, 2.75) is 26.4 Å². The minimum Gasteiger partial charge on any atom is -0.379 e. The Balaban J connectivity index is 1.89. The zero-order valence-electron chi connectivity index (χ0n) is 13.8. The van der Waals surface area contributed by atoms with Gasteiger partial charge in [-0.3, -0.25) is 4.90 Å². The molecule has 3 rings (SSSR count). The number of anilines is 1. The Morgan fingerprint density at radius 3 is 2.65 bits per heavy atom. The maximum absolute atomic E-state index is 5.44. The van der Waals surface area contributed by atoms with Crippen LogP contribution in [-0.4, -0.2) is 47.6 Å². The van der Waals surface area contributed by atoms with Gasteiger partial charge in [0.05, 0.1) is 37.0 Å². The lowest BCUT2D eigenvalue weighted by atomic mass is 10.0. The highest BCUT2D eigenvalue weighted by Gasteiger charge is 2.19. The zero-order valence-corrected chi connectivity index (χ0v) is 13.8. The average molecular weight is 312 g/mol. The Labute approximate surface area is 137 Å². The van der Waals surface area contributed by atoms with Crippen molar-refractivity contribution in [1.82, 2.24) is 15.1 Å². The second kappa shape index (κ2) is 7.53. The van der Waals surface area contributed by atoms with Gasteiger partial charge < -0.3 is 10.1 Å². The number of morpholine rings is 1. The summed E-state index contributed by atoms with van der Waals surface area (Å²) >= 11 is 0. The van der Waals surface area contributed by atoms with E-state index in [1.807, 2.05) is 12.3 Å². The number of rotatable bonds is 5. The fourth-order valence-electron chi connectivity index (χ4n) is 2.99. The van der Waals surface area contributed by atoms with Gasteiger partial charge in [0.25, 0.3) is 0 Å². The number of hydrogen-bond acceptors (Lipinski definition) is 5. The fraction of sp³-hybridized carbons (Fsp3) is 0.444. The molecule has 2 heterocycles. The van der Waals surface area contributed by atoms with Crippen molar-refractivity contribution in [2.75, 3.05) is 31.6 Å². The van der Waals surface area contributed by atoms with Gasteiger partial charge in [0.1, 0.15) is 0 Å². The number of nitrogens with one attached hydrogen (secondary N) is 1. The third-order valence-electron chi connectivity index (χ3n) is 4.28. The smallest absolute Gasteiger partial charge is 0.0766 e. The highest BCUT2D eigenvalue weighted by atomic mass is 16.5. The maximum Gasteiger partial charge on any atom is 0.0766 e. The quantitative estimate of drug-likeness (QED) is 0.920. The first kappa shape index (κ1) is 15.9. The van der Waals surface area contributed by atoms with Crippen LogP contribution in [0.4, 0.5) is 5.69 Å². The summed E-state index contributed by atoms with van der Waals surface area (Å²) < 4.78 is 5.44. The lowest BCUT2D eigenvalue weighted by molar-refractivity contribution is 0.0254. The van der Waals surface area contributed by atoms with Crippen LogP contribution >= 0.6 is 0 Å². The van der Waals surface area contributed by atoms with Gasteiger partial charge >= 0.3 is 0 Å². The summed E-state index contributed by atoms with van der Waals surface area (Å²) in [7, 11) is 0. The normalized spacial score (nSPS) is 17.0. The number of aromatic nitrogens is 2. The number of aryl methyl sites for hydroxylation is 1. The molecule has 0 bridgehead atoms. The molecule has 0 radical (unpaired) electrons. The minimum atomic E-state index is 0.232. The fourth-order valence-corrected chi connectivity index (χ4v) is 2.99. The van der Waals surface area contributed by atoms with Crippen LogP contribution in [0.1, 0.15) is 19.5 Å². The van der Waals surface area contributed by atoms with Crippen molar-refractivity contribution in [3.05, 3.63) is 42.2 Å². The van der Waals surface area contributed by atoms with Gasteiger partial charge in [-0.25, -0.2) is 0 Å². The molecule has 1 saturated heterocycles. The van der Waals surface area contributed by atoms with Gasteiger partial charge in [0, 0.05) is 18.7 Å². The van der Waals surface area contributed by atoms with Crippen LogP contribution in [-0.2, 0) is 11.2 Å². The van der Waals surface area contributed by atoms with E-state index in [2.05, 4.69) is 58.5 Å². The second-order valence-electron chi connectivity index (χ2n) is 5.77. The third-order valence-corrected chi connectivity index (χ3v) is 4.28. The summed E-state index contributed by atoms with van der Waals surface area (Å²) in [6, 6.07) is 10.4. The van der Waals surface area contributed by atoms with Gasteiger partial charge in [-0.15, -0.1) is 0 Å². The molecule has 1 fully saturated rings. The Hall–Kier alpha value is -1.98. The van der Waals surface area contributed by atoms with E-state index in [9.17, 15) is 0 Å². The van der Waals surface area contributed by atoms with Crippen LogP contribution in [0.15, 0.2) is 36.5 Å². The first-order chi connectivity index (χ1) is 11.3. The van der Waals surface area contributed by atoms with E-state index < -0.39 is 0 Å². The molecule has 5 heteroatoms. The molecule has 1 N–H and O–H groups in total. The predicted molar refractivity (Wildman–Crippen MR) is 92.3 cm³/mol. The van der Waals surface area contributed by atoms with E-state index in [-0.39, 0.29) is 6.17 Å². The van der Waals surface area contributed by atoms with Gasteiger partial charge in [-0.2, -0.15) is 10.2 Å². The van der Waals surface area contributed by atoms with E-state index in [1.54, 1.807) is 0 Å². The molecule has 1 aliphatic rings. The molecule has 23 heavy (non-hydrogen) atoms. The molecule has 1 aromatic carbocycles. The van der Waals surface area contributed by atoms with Gasteiger partial charge in [-0.05, 0) is 18.9 Å². The number of nitrogens with zero attached hydrogens (tertiary/aromatic N) is 3. The van der Waals surface area contributed by atoms with Gasteiger partial charge in [-0.1, -0.05) is 37.3 Å². The molecule has 0 aliphatic carbocycles. The molecule has 0 spiro atoms. The van der Waals surface area contributed by atoms with Crippen molar-refractivity contribution in [3.8, 4) is 11.1 Å². The van der Waals surface area contributed by atoms with Crippen LogP contribution in [0.2, 0.25) is 0 Å². The summed E-state index contributed by atoms with van der Waals surface area (Å²) in [5.41, 5.74) is 4.40. The number of benzene rings is 1. The number of hydrogen-bond donors (Lipinski definition) is 1. The van der Waals surface area contributed by atoms with E-state index in [1.165, 1.54) is 5.56 Å². The second-order valence-corrected chi connectivity index (χ2v) is 5.77. The van der Waals surface area contributed by atoms with E-state index in [4.69, 9.17) is 4.74 Å². The van der Waals surface area contributed by atoms with Crippen LogP contribution in [0.3, 0.4) is 0 Å². The molecular weight excluding hydrogens is 288 g/mol. The summed E-state index contributed by atoms with van der Waals surface area (Å²) in [5.74, 6) is 0. The highest BCUT2D eigenvalue weighted by Crippen LogP contribution is 2.30. The van der Waals surface area contributed by atoms with Crippen LogP contribution in [0.25, 0.3) is 11.1 Å². The van der Waals surface area contributed by atoms with Crippen molar-refractivity contribution < 1.29 is 4.74 Å². The molecule has 1 atom stereocenters. The molecule has 2 aromatic rings. The molecule has 0 saturated carbocycles. The Morgan fingerprint density at radius 2 is 1.96 bits per heavy atom. The standard InChI is InChI=1S/C18H24N4O/c1-3-16-18(15-7-5-4-6-8-15)17(13-19-21-16)20-14(2)22-9-11-23-12-10-22/h4-8,13-14H,3,9-12H2,1-2H3,(H,20,21).